The van der Waals surface area contributed by atoms with Crippen molar-refractivity contribution in [1.82, 2.24) is 19.4 Å². The molecule has 0 aliphatic carbocycles. The standard InChI is InChI=1S/C39H51N5O5/c1-29(2)49-25-24-44-33-15-10-9-14-32(33)40-38(44)42-19-11-18-41(22-23-42)20-16-39(31-12-7-6-8-13-31)17-21-43(28-39)37(45)30-26-34(46-3)36(48-5)35(27-30)47-4/h6-10,12-15,26-27,29H,11,16-25,28H2,1-5H3. The van der Waals surface area contributed by atoms with Gasteiger partial charge < -0.3 is 38.2 Å². The van der Waals surface area contributed by atoms with Crippen molar-refractivity contribution in [2.45, 2.75) is 51.2 Å². The summed E-state index contributed by atoms with van der Waals surface area (Å²) in [6.45, 7) is 11.8. The fourth-order valence-corrected chi connectivity index (χ4v) is 7.48. The number of nitrogens with zero attached hydrogens (tertiary/aromatic N) is 5. The number of ether oxygens (including phenoxy) is 4. The van der Waals surface area contributed by atoms with E-state index in [1.165, 1.54) is 5.56 Å². The SMILES string of the molecule is COc1cc(C(=O)N2CCC(CCN3CCCN(c4nc5ccccc5n4CCOC(C)C)CC3)(c3ccccc3)C2)cc(OC)c1OC. The summed E-state index contributed by atoms with van der Waals surface area (Å²) < 4.78 is 24.8. The second-order valence-electron chi connectivity index (χ2n) is 13.4. The highest BCUT2D eigenvalue weighted by Crippen LogP contribution is 2.41. The lowest BCUT2D eigenvalue weighted by Gasteiger charge is -2.33. The highest BCUT2D eigenvalue weighted by Gasteiger charge is 2.42. The van der Waals surface area contributed by atoms with Gasteiger partial charge in [0.1, 0.15) is 0 Å². The van der Waals surface area contributed by atoms with E-state index >= 15 is 0 Å². The van der Waals surface area contributed by atoms with Crippen LogP contribution >= 0.6 is 0 Å². The van der Waals surface area contributed by atoms with E-state index in [-0.39, 0.29) is 17.4 Å². The minimum absolute atomic E-state index is 0.0239. The smallest absolute Gasteiger partial charge is 0.254 e. The summed E-state index contributed by atoms with van der Waals surface area (Å²) in [6.07, 6.45) is 3.15. The van der Waals surface area contributed by atoms with E-state index in [9.17, 15) is 4.79 Å². The maximum Gasteiger partial charge on any atom is 0.254 e. The number of anilines is 1. The van der Waals surface area contributed by atoms with Crippen LogP contribution in [0.25, 0.3) is 11.0 Å². The number of amides is 1. The number of rotatable bonds is 13. The van der Waals surface area contributed by atoms with Crippen molar-refractivity contribution in [3.8, 4) is 17.2 Å². The molecule has 2 aliphatic heterocycles. The zero-order valence-corrected chi connectivity index (χ0v) is 29.7. The topological polar surface area (TPSA) is 81.5 Å². The van der Waals surface area contributed by atoms with E-state index in [4.69, 9.17) is 23.9 Å². The quantitative estimate of drug-likeness (QED) is 0.175. The molecule has 2 aliphatic rings. The minimum Gasteiger partial charge on any atom is -0.493 e. The zero-order valence-electron chi connectivity index (χ0n) is 29.7. The number of hydrogen-bond acceptors (Lipinski definition) is 8. The first kappa shape index (κ1) is 34.6. The summed E-state index contributed by atoms with van der Waals surface area (Å²) in [5.74, 6) is 2.45. The van der Waals surface area contributed by atoms with Crippen molar-refractivity contribution in [3.05, 3.63) is 77.9 Å². The summed E-state index contributed by atoms with van der Waals surface area (Å²) >= 11 is 0. The molecular formula is C39H51N5O5. The Morgan fingerprint density at radius 2 is 1.59 bits per heavy atom. The molecule has 1 amide bonds. The van der Waals surface area contributed by atoms with E-state index in [0.29, 0.717) is 42.5 Å². The van der Waals surface area contributed by atoms with Crippen molar-refractivity contribution in [2.75, 3.05) is 78.6 Å². The summed E-state index contributed by atoms with van der Waals surface area (Å²) in [7, 11) is 4.71. The molecular weight excluding hydrogens is 618 g/mol. The van der Waals surface area contributed by atoms with Crippen LogP contribution in [0, 0.1) is 0 Å². The lowest BCUT2D eigenvalue weighted by molar-refractivity contribution is 0.0734. The molecule has 2 fully saturated rings. The summed E-state index contributed by atoms with van der Waals surface area (Å²) in [5.41, 5.74) is 3.88. The third-order valence-corrected chi connectivity index (χ3v) is 10.1. The van der Waals surface area contributed by atoms with Gasteiger partial charge in [-0.15, -0.1) is 0 Å². The molecule has 262 valence electrons. The Kier molecular flexibility index (Phi) is 10.9. The first-order chi connectivity index (χ1) is 23.9. The molecule has 10 nitrogen and oxygen atoms in total. The number of hydrogen-bond donors (Lipinski definition) is 0. The van der Waals surface area contributed by atoms with Crippen LogP contribution in [0.3, 0.4) is 0 Å². The molecule has 0 bridgehead atoms. The van der Waals surface area contributed by atoms with Crippen LogP contribution in [0.15, 0.2) is 66.7 Å². The molecule has 2 saturated heterocycles. The van der Waals surface area contributed by atoms with Crippen molar-refractivity contribution in [3.63, 3.8) is 0 Å². The Bertz CT molecular complexity index is 1680. The third kappa shape index (κ3) is 7.50. The normalized spacial score (nSPS) is 18.7. The molecule has 10 heteroatoms. The molecule has 6 rings (SSSR count). The van der Waals surface area contributed by atoms with Gasteiger partial charge in [-0.3, -0.25) is 4.79 Å². The second-order valence-corrected chi connectivity index (χ2v) is 13.4. The molecule has 0 N–H and O–H groups in total. The number of imidazole rings is 1. The van der Waals surface area contributed by atoms with E-state index in [2.05, 4.69) is 82.8 Å². The highest BCUT2D eigenvalue weighted by molar-refractivity contribution is 5.96. The van der Waals surface area contributed by atoms with E-state index in [1.54, 1.807) is 33.5 Å². The Morgan fingerprint density at radius 1 is 0.857 bits per heavy atom. The van der Waals surface area contributed by atoms with Gasteiger partial charge in [0, 0.05) is 50.2 Å². The molecule has 3 aromatic carbocycles. The fourth-order valence-electron chi connectivity index (χ4n) is 7.48. The molecule has 3 heterocycles. The zero-order chi connectivity index (χ0) is 34.4. The molecule has 0 saturated carbocycles. The number of fused-ring (bicyclic) bond motifs is 1. The Labute approximate surface area is 290 Å². The van der Waals surface area contributed by atoms with E-state index in [0.717, 1.165) is 75.5 Å². The van der Waals surface area contributed by atoms with Crippen molar-refractivity contribution in [2.24, 2.45) is 0 Å². The summed E-state index contributed by atoms with van der Waals surface area (Å²) in [4.78, 5) is 26.1. The minimum atomic E-state index is -0.131. The van der Waals surface area contributed by atoms with Gasteiger partial charge in [-0.05, 0) is 76.0 Å². The predicted octanol–water partition coefficient (Wildman–Crippen LogP) is 5.87. The van der Waals surface area contributed by atoms with Crippen LogP contribution in [0.1, 0.15) is 49.0 Å². The summed E-state index contributed by atoms with van der Waals surface area (Å²) in [5, 5.41) is 0. The maximum atomic E-state index is 14.0. The molecule has 1 unspecified atom stereocenters. The van der Waals surface area contributed by atoms with Crippen molar-refractivity contribution >= 4 is 22.9 Å². The van der Waals surface area contributed by atoms with Crippen LogP contribution in [0.2, 0.25) is 0 Å². The molecule has 1 aromatic heterocycles. The predicted molar refractivity (Wildman–Crippen MR) is 193 cm³/mol. The molecule has 4 aromatic rings. The average molecular weight is 670 g/mol. The van der Waals surface area contributed by atoms with Gasteiger partial charge in [-0.25, -0.2) is 4.98 Å². The number of methoxy groups -OCH3 is 3. The van der Waals surface area contributed by atoms with Crippen LogP contribution in [0.5, 0.6) is 17.2 Å². The van der Waals surface area contributed by atoms with Crippen LogP contribution in [-0.4, -0.2) is 105 Å². The highest BCUT2D eigenvalue weighted by atomic mass is 16.5. The maximum absolute atomic E-state index is 14.0. The summed E-state index contributed by atoms with van der Waals surface area (Å²) in [6, 6.07) is 22.7. The Hall–Kier alpha value is -4.28. The van der Waals surface area contributed by atoms with Gasteiger partial charge in [0.25, 0.3) is 5.91 Å². The number of para-hydroxylation sites is 2. The van der Waals surface area contributed by atoms with Gasteiger partial charge in [0.15, 0.2) is 11.5 Å². The Balaban J connectivity index is 1.16. The first-order valence-corrected chi connectivity index (χ1v) is 17.5. The van der Waals surface area contributed by atoms with Gasteiger partial charge in [-0.1, -0.05) is 42.5 Å². The van der Waals surface area contributed by atoms with Gasteiger partial charge in [-0.2, -0.15) is 0 Å². The van der Waals surface area contributed by atoms with Crippen LogP contribution in [-0.2, 0) is 16.7 Å². The van der Waals surface area contributed by atoms with Gasteiger partial charge >= 0.3 is 0 Å². The van der Waals surface area contributed by atoms with Crippen molar-refractivity contribution < 1.29 is 23.7 Å². The molecule has 0 radical (unpaired) electrons. The van der Waals surface area contributed by atoms with Gasteiger partial charge in [0.05, 0.1) is 45.1 Å². The lowest BCUT2D eigenvalue weighted by Crippen LogP contribution is -2.39. The first-order valence-electron chi connectivity index (χ1n) is 17.5. The fraction of sp³-hybridized carbons (Fsp3) is 0.487. The average Bonchev–Trinajstić information content (AvgIpc) is 3.65. The molecule has 49 heavy (non-hydrogen) atoms. The van der Waals surface area contributed by atoms with Crippen LogP contribution < -0.4 is 19.1 Å². The number of aromatic nitrogens is 2. The van der Waals surface area contributed by atoms with Crippen LogP contribution in [0.4, 0.5) is 5.95 Å². The number of carbonyl (C=O) groups excluding carboxylic acids is 1. The van der Waals surface area contributed by atoms with Gasteiger partial charge in [0.2, 0.25) is 11.7 Å². The monoisotopic (exact) mass is 669 g/mol. The largest absolute Gasteiger partial charge is 0.493 e. The van der Waals surface area contributed by atoms with E-state index in [1.807, 2.05) is 4.90 Å². The van der Waals surface area contributed by atoms with E-state index < -0.39 is 0 Å². The second kappa shape index (κ2) is 15.5. The third-order valence-electron chi connectivity index (χ3n) is 10.1. The lowest BCUT2D eigenvalue weighted by atomic mass is 9.76. The number of likely N-dealkylation sites (tertiary alicyclic amines) is 1. The Morgan fingerprint density at radius 3 is 2.31 bits per heavy atom. The van der Waals surface area contributed by atoms with Crippen molar-refractivity contribution in [1.29, 1.82) is 0 Å². The molecule has 1 atom stereocenters. The molecule has 0 spiro atoms. The number of benzene rings is 3. The number of carbonyl (C=O) groups is 1.